The number of nitrogens with one attached hydrogen (secondary N) is 1. The van der Waals surface area contributed by atoms with E-state index in [1.165, 1.54) is 22.8 Å². The molecule has 3 aromatic carbocycles. The first-order valence-electron chi connectivity index (χ1n) is 9.91. The minimum absolute atomic E-state index is 0.0566. The van der Waals surface area contributed by atoms with Crippen molar-refractivity contribution in [1.82, 2.24) is 15.0 Å². The highest BCUT2D eigenvalue weighted by Gasteiger charge is 2.14. The lowest BCUT2D eigenvalue weighted by molar-refractivity contribution is -0.118. The number of aryl methyl sites for hydroxylation is 1. The smallest absolute Gasteiger partial charge is 0.266 e. The SMILES string of the molecule is Cc1ccc(-n2c(SCC(=O)NN=Cc3c(F)cccc3Cl)nc3ccccc3c2=O)cc1. The molecule has 1 aromatic heterocycles. The van der Waals surface area contributed by atoms with Crippen LogP contribution in [0.3, 0.4) is 0 Å². The zero-order valence-corrected chi connectivity index (χ0v) is 19.0. The van der Waals surface area contributed by atoms with E-state index in [2.05, 4.69) is 15.5 Å². The lowest BCUT2D eigenvalue weighted by atomic mass is 10.2. The molecular formula is C24H18ClFN4O2S. The van der Waals surface area contributed by atoms with E-state index in [1.54, 1.807) is 24.3 Å². The summed E-state index contributed by atoms with van der Waals surface area (Å²) in [6.45, 7) is 1.96. The normalized spacial score (nSPS) is 11.2. The molecule has 0 fully saturated rings. The number of rotatable bonds is 6. The number of carbonyl (C=O) groups is 1. The first-order chi connectivity index (χ1) is 15.9. The average Bonchev–Trinajstić information content (AvgIpc) is 2.80. The van der Waals surface area contributed by atoms with Crippen LogP contribution >= 0.6 is 23.4 Å². The van der Waals surface area contributed by atoms with E-state index in [0.717, 1.165) is 23.5 Å². The summed E-state index contributed by atoms with van der Waals surface area (Å²) in [5.41, 5.74) is 4.45. The largest absolute Gasteiger partial charge is 0.272 e. The number of benzene rings is 3. The molecule has 0 bridgehead atoms. The molecule has 33 heavy (non-hydrogen) atoms. The molecule has 6 nitrogen and oxygen atoms in total. The van der Waals surface area contributed by atoms with Gasteiger partial charge in [0, 0.05) is 5.56 Å². The van der Waals surface area contributed by atoms with Crippen molar-refractivity contribution in [2.75, 3.05) is 5.75 Å². The predicted molar refractivity (Wildman–Crippen MR) is 130 cm³/mol. The molecule has 1 amide bonds. The third-order valence-corrected chi connectivity index (χ3v) is 6.02. The number of amides is 1. The van der Waals surface area contributed by atoms with Crippen LogP contribution in [0.15, 0.2) is 81.8 Å². The van der Waals surface area contributed by atoms with E-state index in [9.17, 15) is 14.0 Å². The maximum absolute atomic E-state index is 13.8. The summed E-state index contributed by atoms with van der Waals surface area (Å²) in [6, 6.07) is 18.8. The minimum Gasteiger partial charge on any atom is -0.272 e. The Kier molecular flexibility index (Phi) is 6.86. The summed E-state index contributed by atoms with van der Waals surface area (Å²) < 4.78 is 15.3. The number of thioether (sulfide) groups is 1. The second-order valence-electron chi connectivity index (χ2n) is 7.10. The van der Waals surface area contributed by atoms with Crippen LogP contribution < -0.4 is 11.0 Å². The molecule has 0 saturated carbocycles. The number of hydrogen-bond donors (Lipinski definition) is 1. The predicted octanol–water partition coefficient (Wildman–Crippen LogP) is 4.73. The van der Waals surface area contributed by atoms with Crippen LogP contribution in [-0.4, -0.2) is 27.4 Å². The second kappa shape index (κ2) is 9.97. The number of carbonyl (C=O) groups excluding carboxylic acids is 1. The number of para-hydroxylation sites is 1. The van der Waals surface area contributed by atoms with E-state index >= 15 is 0 Å². The Labute approximate surface area is 198 Å². The van der Waals surface area contributed by atoms with Crippen LogP contribution in [0.4, 0.5) is 4.39 Å². The maximum Gasteiger partial charge on any atom is 0.266 e. The molecule has 1 N–H and O–H groups in total. The van der Waals surface area contributed by atoms with Crippen molar-refractivity contribution in [2.45, 2.75) is 12.1 Å². The number of fused-ring (bicyclic) bond motifs is 1. The van der Waals surface area contributed by atoms with Crippen molar-refractivity contribution < 1.29 is 9.18 Å². The number of halogens is 2. The number of nitrogens with zero attached hydrogens (tertiary/aromatic N) is 3. The highest BCUT2D eigenvalue weighted by Crippen LogP contribution is 2.21. The molecule has 9 heteroatoms. The molecular weight excluding hydrogens is 463 g/mol. The molecule has 0 spiro atoms. The van der Waals surface area contributed by atoms with Crippen LogP contribution in [0.5, 0.6) is 0 Å². The zero-order valence-electron chi connectivity index (χ0n) is 17.5. The molecule has 0 unspecified atom stereocenters. The molecule has 0 radical (unpaired) electrons. The molecule has 4 rings (SSSR count). The van der Waals surface area contributed by atoms with E-state index in [4.69, 9.17) is 11.6 Å². The molecule has 0 saturated heterocycles. The number of hydrazone groups is 1. The summed E-state index contributed by atoms with van der Waals surface area (Å²) in [5, 5.41) is 4.83. The molecule has 166 valence electrons. The van der Waals surface area contributed by atoms with Crippen molar-refractivity contribution in [2.24, 2.45) is 5.10 Å². The van der Waals surface area contributed by atoms with Gasteiger partial charge in [0.25, 0.3) is 11.5 Å². The maximum atomic E-state index is 13.8. The van der Waals surface area contributed by atoms with E-state index < -0.39 is 11.7 Å². The van der Waals surface area contributed by atoms with Gasteiger partial charge in [-0.1, -0.05) is 59.3 Å². The average molecular weight is 481 g/mol. The van der Waals surface area contributed by atoms with Gasteiger partial charge in [0.2, 0.25) is 0 Å². The van der Waals surface area contributed by atoms with Crippen molar-refractivity contribution in [3.8, 4) is 5.69 Å². The minimum atomic E-state index is -0.544. The van der Waals surface area contributed by atoms with E-state index in [0.29, 0.717) is 21.7 Å². The van der Waals surface area contributed by atoms with Gasteiger partial charge in [-0.3, -0.25) is 14.2 Å². The van der Waals surface area contributed by atoms with Crippen molar-refractivity contribution in [3.05, 3.63) is 99.1 Å². The topological polar surface area (TPSA) is 76.3 Å². The fourth-order valence-corrected chi connectivity index (χ4v) is 4.11. The first kappa shape index (κ1) is 22.7. The third-order valence-electron chi connectivity index (χ3n) is 4.75. The highest BCUT2D eigenvalue weighted by molar-refractivity contribution is 7.99. The summed E-state index contributed by atoms with van der Waals surface area (Å²) >= 11 is 7.05. The summed E-state index contributed by atoms with van der Waals surface area (Å²) in [5.74, 6) is -1.04. The van der Waals surface area contributed by atoms with Crippen LogP contribution in [0.1, 0.15) is 11.1 Å². The van der Waals surface area contributed by atoms with Gasteiger partial charge in [-0.05, 0) is 43.3 Å². The van der Waals surface area contributed by atoms with Gasteiger partial charge in [0.15, 0.2) is 5.16 Å². The molecule has 0 aliphatic carbocycles. The third kappa shape index (κ3) is 5.13. The van der Waals surface area contributed by atoms with Crippen LogP contribution in [0.25, 0.3) is 16.6 Å². The van der Waals surface area contributed by atoms with Crippen molar-refractivity contribution in [1.29, 1.82) is 0 Å². The quantitative estimate of drug-likeness (QED) is 0.187. The Balaban J connectivity index is 1.57. The Bertz CT molecular complexity index is 1400. The van der Waals surface area contributed by atoms with Crippen LogP contribution in [0.2, 0.25) is 5.02 Å². The van der Waals surface area contributed by atoms with E-state index in [-0.39, 0.29) is 21.9 Å². The molecule has 0 aliphatic rings. The van der Waals surface area contributed by atoms with Gasteiger partial charge in [0.1, 0.15) is 5.82 Å². The van der Waals surface area contributed by atoms with Gasteiger partial charge in [-0.2, -0.15) is 5.10 Å². The van der Waals surface area contributed by atoms with Gasteiger partial charge in [-0.15, -0.1) is 0 Å². The van der Waals surface area contributed by atoms with Gasteiger partial charge in [-0.25, -0.2) is 14.8 Å². The van der Waals surface area contributed by atoms with Crippen molar-refractivity contribution in [3.63, 3.8) is 0 Å². The fraction of sp³-hybridized carbons (Fsp3) is 0.0833. The summed E-state index contributed by atoms with van der Waals surface area (Å²) in [6.07, 6.45) is 1.15. The second-order valence-corrected chi connectivity index (χ2v) is 8.45. The lowest BCUT2D eigenvalue weighted by Gasteiger charge is -2.13. The van der Waals surface area contributed by atoms with Crippen molar-refractivity contribution >= 4 is 46.4 Å². The first-order valence-corrected chi connectivity index (χ1v) is 11.3. The highest BCUT2D eigenvalue weighted by atomic mass is 35.5. The Morgan fingerprint density at radius 2 is 1.91 bits per heavy atom. The Hall–Kier alpha value is -3.49. The fourth-order valence-electron chi connectivity index (χ4n) is 3.10. The molecule has 0 aliphatic heterocycles. The molecule has 1 heterocycles. The monoisotopic (exact) mass is 480 g/mol. The van der Waals surface area contributed by atoms with Gasteiger partial charge < -0.3 is 0 Å². The van der Waals surface area contributed by atoms with Crippen LogP contribution in [0, 0.1) is 12.7 Å². The zero-order chi connectivity index (χ0) is 23.4. The summed E-state index contributed by atoms with van der Waals surface area (Å²) in [7, 11) is 0. The van der Waals surface area contributed by atoms with Crippen LogP contribution in [-0.2, 0) is 4.79 Å². The standard InChI is InChI=1S/C24H18ClFN4O2S/c1-15-9-11-16(12-10-15)30-23(32)17-5-2-3-8-21(17)28-24(30)33-14-22(31)29-27-13-18-19(25)6-4-7-20(18)26/h2-13H,14H2,1H3,(H,29,31). The summed E-state index contributed by atoms with van der Waals surface area (Å²) in [4.78, 5) is 30.1. The Morgan fingerprint density at radius 1 is 1.15 bits per heavy atom. The van der Waals surface area contributed by atoms with Gasteiger partial charge in [0.05, 0.1) is 33.6 Å². The van der Waals surface area contributed by atoms with Gasteiger partial charge >= 0.3 is 0 Å². The molecule has 0 atom stereocenters. The van der Waals surface area contributed by atoms with E-state index in [1.807, 2.05) is 31.2 Å². The molecule has 4 aromatic rings. The number of hydrogen-bond acceptors (Lipinski definition) is 5. The lowest BCUT2D eigenvalue weighted by Crippen LogP contribution is -2.24. The Morgan fingerprint density at radius 3 is 2.67 bits per heavy atom. The number of aromatic nitrogens is 2.